The Balaban J connectivity index is 2.46. The topological polar surface area (TPSA) is 40.5 Å². The van der Waals surface area contributed by atoms with Gasteiger partial charge in [0.05, 0.1) is 0 Å². The van der Waals surface area contributed by atoms with Gasteiger partial charge in [-0.25, -0.2) is 0 Å². The summed E-state index contributed by atoms with van der Waals surface area (Å²) in [5, 5.41) is 8.56. The SMILES string of the molecule is Cc1ccc(N(C)CCCCC(=O)O)c(C)c1. The largest absolute Gasteiger partial charge is 0.481 e. The van der Waals surface area contributed by atoms with Crippen LogP contribution in [0.2, 0.25) is 0 Å². The molecule has 17 heavy (non-hydrogen) atoms. The summed E-state index contributed by atoms with van der Waals surface area (Å²) in [6.07, 6.45) is 1.92. The molecule has 0 aliphatic rings. The number of hydrogen-bond donors (Lipinski definition) is 1. The van der Waals surface area contributed by atoms with Crippen molar-refractivity contribution in [1.82, 2.24) is 0 Å². The van der Waals surface area contributed by atoms with Crippen molar-refractivity contribution < 1.29 is 9.90 Å². The molecule has 0 aliphatic heterocycles. The van der Waals surface area contributed by atoms with Crippen LogP contribution in [0.25, 0.3) is 0 Å². The molecular formula is C14H21NO2. The molecule has 0 unspecified atom stereocenters. The minimum Gasteiger partial charge on any atom is -0.481 e. The molecule has 3 nitrogen and oxygen atoms in total. The second kappa shape index (κ2) is 6.28. The fraction of sp³-hybridized carbons (Fsp3) is 0.500. The second-order valence-corrected chi connectivity index (χ2v) is 4.56. The Hall–Kier alpha value is -1.51. The first-order valence-corrected chi connectivity index (χ1v) is 6.01. The molecule has 1 rings (SSSR count). The average Bonchev–Trinajstić information content (AvgIpc) is 2.23. The maximum atomic E-state index is 10.4. The number of aryl methyl sites for hydroxylation is 2. The minimum absolute atomic E-state index is 0.265. The van der Waals surface area contributed by atoms with Crippen molar-refractivity contribution in [2.75, 3.05) is 18.5 Å². The Kier molecular flexibility index (Phi) is 5.01. The number of anilines is 1. The molecule has 1 aromatic rings. The second-order valence-electron chi connectivity index (χ2n) is 4.56. The third kappa shape index (κ3) is 4.47. The Morgan fingerprint density at radius 2 is 2.00 bits per heavy atom. The number of nitrogens with zero attached hydrogens (tertiary/aromatic N) is 1. The summed E-state index contributed by atoms with van der Waals surface area (Å²) >= 11 is 0. The van der Waals surface area contributed by atoms with E-state index in [1.807, 2.05) is 0 Å². The monoisotopic (exact) mass is 235 g/mol. The molecular weight excluding hydrogens is 214 g/mol. The normalized spacial score (nSPS) is 10.3. The number of carbonyl (C=O) groups is 1. The molecule has 0 aromatic heterocycles. The molecule has 1 aromatic carbocycles. The van der Waals surface area contributed by atoms with Gasteiger partial charge in [-0.1, -0.05) is 17.7 Å². The highest BCUT2D eigenvalue weighted by molar-refractivity contribution is 5.66. The Labute approximate surface area is 103 Å². The number of carboxylic acid groups (broad SMARTS) is 1. The summed E-state index contributed by atoms with van der Waals surface area (Å²) in [5.41, 5.74) is 3.77. The maximum absolute atomic E-state index is 10.4. The van der Waals surface area contributed by atoms with Crippen LogP contribution in [0.5, 0.6) is 0 Å². The van der Waals surface area contributed by atoms with E-state index in [9.17, 15) is 4.79 Å². The van der Waals surface area contributed by atoms with E-state index in [1.54, 1.807) is 0 Å². The van der Waals surface area contributed by atoms with Crippen molar-refractivity contribution in [3.63, 3.8) is 0 Å². The quantitative estimate of drug-likeness (QED) is 0.771. The van der Waals surface area contributed by atoms with Crippen molar-refractivity contribution in [3.8, 4) is 0 Å². The minimum atomic E-state index is -0.709. The van der Waals surface area contributed by atoms with Gasteiger partial charge in [-0.05, 0) is 38.3 Å². The summed E-state index contributed by atoms with van der Waals surface area (Å²) in [6, 6.07) is 6.40. The smallest absolute Gasteiger partial charge is 0.303 e. The number of benzene rings is 1. The highest BCUT2D eigenvalue weighted by Crippen LogP contribution is 2.20. The first-order chi connectivity index (χ1) is 8.00. The van der Waals surface area contributed by atoms with Crippen molar-refractivity contribution in [3.05, 3.63) is 29.3 Å². The van der Waals surface area contributed by atoms with E-state index < -0.39 is 5.97 Å². The Morgan fingerprint density at radius 1 is 1.29 bits per heavy atom. The molecule has 94 valence electrons. The first kappa shape index (κ1) is 13.6. The standard InChI is InChI=1S/C14H21NO2/c1-11-7-8-13(12(2)10-11)15(3)9-5-4-6-14(16)17/h7-8,10H,4-6,9H2,1-3H3,(H,16,17). The lowest BCUT2D eigenvalue weighted by molar-refractivity contribution is -0.137. The van der Waals surface area contributed by atoms with Gasteiger partial charge in [-0.15, -0.1) is 0 Å². The molecule has 0 spiro atoms. The van der Waals surface area contributed by atoms with Crippen LogP contribution in [0.4, 0.5) is 5.69 Å². The summed E-state index contributed by atoms with van der Waals surface area (Å²) in [4.78, 5) is 12.6. The Morgan fingerprint density at radius 3 is 2.59 bits per heavy atom. The summed E-state index contributed by atoms with van der Waals surface area (Å²) in [7, 11) is 2.05. The lowest BCUT2D eigenvalue weighted by atomic mass is 10.1. The van der Waals surface area contributed by atoms with Gasteiger partial charge in [0.25, 0.3) is 0 Å². The third-order valence-corrected chi connectivity index (χ3v) is 2.90. The zero-order valence-electron chi connectivity index (χ0n) is 10.9. The molecule has 0 fully saturated rings. The molecule has 1 N–H and O–H groups in total. The highest BCUT2D eigenvalue weighted by atomic mass is 16.4. The summed E-state index contributed by atoms with van der Waals surface area (Å²) < 4.78 is 0. The predicted octanol–water partition coefficient (Wildman–Crippen LogP) is 2.99. The van der Waals surface area contributed by atoms with Gasteiger partial charge < -0.3 is 10.0 Å². The van der Waals surface area contributed by atoms with Gasteiger partial charge in [-0.2, -0.15) is 0 Å². The van der Waals surface area contributed by atoms with Crippen molar-refractivity contribution in [1.29, 1.82) is 0 Å². The Bertz CT molecular complexity index is 388. The van der Waals surface area contributed by atoms with E-state index >= 15 is 0 Å². The number of carboxylic acids is 1. The highest BCUT2D eigenvalue weighted by Gasteiger charge is 2.04. The van der Waals surface area contributed by atoms with Gasteiger partial charge in [-0.3, -0.25) is 4.79 Å². The molecule has 0 saturated heterocycles. The number of rotatable bonds is 6. The molecule has 0 saturated carbocycles. The number of unbranched alkanes of at least 4 members (excludes halogenated alkanes) is 1. The fourth-order valence-corrected chi connectivity index (χ4v) is 1.98. The van der Waals surface area contributed by atoms with Crippen molar-refractivity contribution in [2.24, 2.45) is 0 Å². The van der Waals surface area contributed by atoms with E-state index in [2.05, 4.69) is 44.0 Å². The van der Waals surface area contributed by atoms with Gasteiger partial charge in [0, 0.05) is 25.7 Å². The predicted molar refractivity (Wildman–Crippen MR) is 70.7 cm³/mol. The van der Waals surface area contributed by atoms with Gasteiger partial charge in [0.1, 0.15) is 0 Å². The van der Waals surface area contributed by atoms with Crippen molar-refractivity contribution in [2.45, 2.75) is 33.1 Å². The molecule has 0 radical (unpaired) electrons. The van der Waals surface area contributed by atoms with E-state index in [0.717, 1.165) is 19.4 Å². The lowest BCUT2D eigenvalue weighted by Crippen LogP contribution is -2.19. The van der Waals surface area contributed by atoms with E-state index in [4.69, 9.17) is 5.11 Å². The molecule has 0 atom stereocenters. The maximum Gasteiger partial charge on any atom is 0.303 e. The van der Waals surface area contributed by atoms with E-state index in [-0.39, 0.29) is 6.42 Å². The first-order valence-electron chi connectivity index (χ1n) is 6.01. The number of aliphatic carboxylic acids is 1. The summed E-state index contributed by atoms with van der Waals surface area (Å²) in [6.45, 7) is 5.09. The number of hydrogen-bond acceptors (Lipinski definition) is 2. The lowest BCUT2D eigenvalue weighted by Gasteiger charge is -2.21. The van der Waals surface area contributed by atoms with Crippen LogP contribution < -0.4 is 4.90 Å². The third-order valence-electron chi connectivity index (χ3n) is 2.90. The zero-order chi connectivity index (χ0) is 12.8. The molecule has 0 amide bonds. The van der Waals surface area contributed by atoms with Crippen LogP contribution in [0.15, 0.2) is 18.2 Å². The van der Waals surface area contributed by atoms with Gasteiger partial charge >= 0.3 is 5.97 Å². The molecule has 0 bridgehead atoms. The summed E-state index contributed by atoms with van der Waals surface area (Å²) in [5.74, 6) is -0.709. The molecule has 0 heterocycles. The molecule has 3 heteroatoms. The van der Waals surface area contributed by atoms with Crippen LogP contribution >= 0.6 is 0 Å². The van der Waals surface area contributed by atoms with Crippen LogP contribution in [0.3, 0.4) is 0 Å². The van der Waals surface area contributed by atoms with Crippen molar-refractivity contribution >= 4 is 11.7 Å². The van der Waals surface area contributed by atoms with Crippen LogP contribution in [0, 0.1) is 13.8 Å². The molecule has 0 aliphatic carbocycles. The van der Waals surface area contributed by atoms with Crippen LogP contribution in [-0.2, 0) is 4.79 Å². The van der Waals surface area contributed by atoms with Crippen LogP contribution in [-0.4, -0.2) is 24.7 Å². The van der Waals surface area contributed by atoms with E-state index in [0.29, 0.717) is 0 Å². The fourth-order valence-electron chi connectivity index (χ4n) is 1.98. The van der Waals surface area contributed by atoms with Gasteiger partial charge in [0.2, 0.25) is 0 Å². The van der Waals surface area contributed by atoms with Gasteiger partial charge in [0.15, 0.2) is 0 Å². The van der Waals surface area contributed by atoms with E-state index in [1.165, 1.54) is 16.8 Å². The average molecular weight is 235 g/mol. The van der Waals surface area contributed by atoms with Crippen LogP contribution in [0.1, 0.15) is 30.4 Å². The zero-order valence-corrected chi connectivity index (χ0v) is 10.9.